The molecule has 7 heteroatoms. The Morgan fingerprint density at radius 1 is 1.07 bits per heavy atom. The molecule has 0 aliphatic carbocycles. The predicted octanol–water partition coefficient (Wildman–Crippen LogP) is 3.31. The first-order chi connectivity index (χ1) is 13.3. The van der Waals surface area contributed by atoms with Crippen LogP contribution in [0.25, 0.3) is 16.8 Å². The van der Waals surface area contributed by atoms with Crippen molar-refractivity contribution in [2.45, 2.75) is 11.8 Å². The van der Waals surface area contributed by atoms with Crippen molar-refractivity contribution in [3.05, 3.63) is 77.4 Å². The molecule has 3 rings (SSSR count). The molecular formula is C21H16N2O4S. The topological polar surface area (TPSA) is 110 Å². The highest BCUT2D eigenvalue weighted by Gasteiger charge is 2.20. The summed E-state index contributed by atoms with van der Waals surface area (Å²) in [5, 5.41) is 10.6. The van der Waals surface area contributed by atoms with Gasteiger partial charge in [-0.15, -0.1) is 0 Å². The summed E-state index contributed by atoms with van der Waals surface area (Å²) in [6.45, 7) is 1.84. The van der Waals surface area contributed by atoms with Crippen molar-refractivity contribution >= 4 is 32.9 Å². The lowest BCUT2D eigenvalue weighted by atomic mass is 10.0. The number of nitriles is 1. The predicted molar refractivity (Wildman–Crippen MR) is 106 cm³/mol. The van der Waals surface area contributed by atoms with E-state index in [0.29, 0.717) is 5.39 Å². The van der Waals surface area contributed by atoms with Crippen LogP contribution in [0.2, 0.25) is 0 Å². The molecule has 0 unspecified atom stereocenters. The maximum atomic E-state index is 12.7. The summed E-state index contributed by atoms with van der Waals surface area (Å²) in [6, 6.07) is 18.3. The van der Waals surface area contributed by atoms with Gasteiger partial charge < -0.3 is 9.92 Å². The van der Waals surface area contributed by atoms with Gasteiger partial charge in [0.2, 0.25) is 0 Å². The number of benzene rings is 3. The number of nitrogens with zero attached hydrogens (tertiary/aromatic N) is 1. The fourth-order valence-electron chi connectivity index (χ4n) is 2.67. The lowest BCUT2D eigenvalue weighted by Gasteiger charge is -2.12. The third-order valence-corrected chi connectivity index (χ3v) is 5.36. The van der Waals surface area contributed by atoms with Gasteiger partial charge in [0.1, 0.15) is 16.5 Å². The minimum Gasteiger partial charge on any atom is -0.378 e. The van der Waals surface area contributed by atoms with Crippen molar-refractivity contribution in [1.29, 1.82) is 5.26 Å². The second-order valence-electron chi connectivity index (χ2n) is 6.08. The molecule has 140 valence electrons. The molecule has 0 radical (unpaired) electrons. The normalized spacial score (nSPS) is 11.8. The van der Waals surface area contributed by atoms with Gasteiger partial charge in [-0.05, 0) is 42.0 Å². The SMILES string of the molecule is Cc1ccc(S(=O)(=O)Oc2ccc3ccccc3c2/C=C(\C#N)C(N)=O)cc1. The third kappa shape index (κ3) is 3.87. The smallest absolute Gasteiger partial charge is 0.339 e. The van der Waals surface area contributed by atoms with Gasteiger partial charge in [0, 0.05) is 5.56 Å². The Labute approximate surface area is 162 Å². The van der Waals surface area contributed by atoms with E-state index >= 15 is 0 Å². The number of hydrogen-bond donors (Lipinski definition) is 1. The van der Waals surface area contributed by atoms with E-state index in [1.165, 1.54) is 24.3 Å². The van der Waals surface area contributed by atoms with Crippen LogP contribution in [0.1, 0.15) is 11.1 Å². The standard InChI is InChI=1S/C21H16N2O4S/c1-14-6-9-17(10-7-14)28(25,26)27-20-11-8-15-4-2-3-5-18(15)19(20)12-16(13-22)21(23)24/h2-12H,1H3,(H2,23,24)/b16-12+. The zero-order valence-electron chi connectivity index (χ0n) is 14.9. The molecule has 3 aromatic rings. The molecule has 0 saturated heterocycles. The minimum atomic E-state index is -4.11. The molecule has 0 aliphatic heterocycles. The molecule has 0 atom stereocenters. The van der Waals surface area contributed by atoms with Gasteiger partial charge >= 0.3 is 10.1 Å². The van der Waals surface area contributed by atoms with E-state index in [1.807, 2.05) is 19.1 Å². The largest absolute Gasteiger partial charge is 0.378 e. The minimum absolute atomic E-state index is 0.00315. The Morgan fingerprint density at radius 2 is 1.75 bits per heavy atom. The van der Waals surface area contributed by atoms with Crippen LogP contribution in [-0.2, 0) is 14.9 Å². The number of carbonyl (C=O) groups is 1. The molecule has 0 bridgehead atoms. The molecule has 1 amide bonds. The molecule has 3 aromatic carbocycles. The lowest BCUT2D eigenvalue weighted by molar-refractivity contribution is -0.114. The first-order valence-corrected chi connectivity index (χ1v) is 9.67. The van der Waals surface area contributed by atoms with Crippen molar-refractivity contribution in [2.75, 3.05) is 0 Å². The number of amides is 1. The maximum Gasteiger partial charge on any atom is 0.339 e. The summed E-state index contributed by atoms with van der Waals surface area (Å²) in [6.07, 6.45) is 1.24. The summed E-state index contributed by atoms with van der Waals surface area (Å²) in [5.41, 5.74) is 6.11. The van der Waals surface area contributed by atoms with E-state index in [2.05, 4.69) is 0 Å². The monoisotopic (exact) mass is 392 g/mol. The summed E-state index contributed by atoms with van der Waals surface area (Å²) in [5.74, 6) is -0.920. The van der Waals surface area contributed by atoms with Crippen LogP contribution >= 0.6 is 0 Å². The molecule has 0 saturated carbocycles. The molecule has 2 N–H and O–H groups in total. The molecule has 28 heavy (non-hydrogen) atoms. The van der Waals surface area contributed by atoms with Crippen LogP contribution in [0.15, 0.2) is 71.1 Å². The Kier molecular flexibility index (Phi) is 5.16. The van der Waals surface area contributed by atoms with Gasteiger partial charge in [-0.3, -0.25) is 4.79 Å². The summed E-state index contributed by atoms with van der Waals surface area (Å²) in [4.78, 5) is 11.5. The second-order valence-corrected chi connectivity index (χ2v) is 7.63. The number of carbonyl (C=O) groups excluding carboxylic acids is 1. The van der Waals surface area contributed by atoms with Crippen molar-refractivity contribution in [1.82, 2.24) is 0 Å². The quantitative estimate of drug-likeness (QED) is 0.407. The fourth-order valence-corrected chi connectivity index (χ4v) is 3.62. The van der Waals surface area contributed by atoms with Crippen molar-refractivity contribution in [2.24, 2.45) is 5.73 Å². The van der Waals surface area contributed by atoms with E-state index in [9.17, 15) is 18.5 Å². The van der Waals surface area contributed by atoms with Crippen molar-refractivity contribution in [3.8, 4) is 11.8 Å². The van der Waals surface area contributed by atoms with Crippen LogP contribution in [0.5, 0.6) is 5.75 Å². The summed E-state index contributed by atoms with van der Waals surface area (Å²) >= 11 is 0. The molecule has 0 spiro atoms. The van der Waals surface area contributed by atoms with Gasteiger partial charge in [-0.1, -0.05) is 48.0 Å². The lowest BCUT2D eigenvalue weighted by Crippen LogP contribution is -2.13. The fraction of sp³-hybridized carbons (Fsp3) is 0.0476. The van der Waals surface area contributed by atoms with E-state index in [1.54, 1.807) is 36.4 Å². The summed E-state index contributed by atoms with van der Waals surface area (Å²) < 4.78 is 30.7. The highest BCUT2D eigenvalue weighted by molar-refractivity contribution is 7.87. The van der Waals surface area contributed by atoms with E-state index < -0.39 is 16.0 Å². The molecule has 6 nitrogen and oxygen atoms in total. The zero-order valence-corrected chi connectivity index (χ0v) is 15.7. The van der Waals surface area contributed by atoms with Crippen molar-refractivity contribution < 1.29 is 17.4 Å². The van der Waals surface area contributed by atoms with Crippen LogP contribution in [0.3, 0.4) is 0 Å². The van der Waals surface area contributed by atoms with Crippen LogP contribution < -0.4 is 9.92 Å². The summed E-state index contributed by atoms with van der Waals surface area (Å²) in [7, 11) is -4.11. The van der Waals surface area contributed by atoms with E-state index in [0.717, 1.165) is 10.9 Å². The molecule has 0 aromatic heterocycles. The van der Waals surface area contributed by atoms with Crippen molar-refractivity contribution in [3.63, 3.8) is 0 Å². The van der Waals surface area contributed by atoms with Gasteiger partial charge in [-0.25, -0.2) is 0 Å². The van der Waals surface area contributed by atoms with Crippen LogP contribution in [-0.4, -0.2) is 14.3 Å². The Bertz CT molecular complexity index is 1240. The van der Waals surface area contributed by atoms with Crippen LogP contribution in [0.4, 0.5) is 0 Å². The highest BCUT2D eigenvalue weighted by Crippen LogP contribution is 2.32. The highest BCUT2D eigenvalue weighted by atomic mass is 32.2. The van der Waals surface area contributed by atoms with Gasteiger partial charge in [-0.2, -0.15) is 13.7 Å². The van der Waals surface area contributed by atoms with Gasteiger partial charge in [0.15, 0.2) is 5.75 Å². The third-order valence-electron chi connectivity index (χ3n) is 4.11. The Morgan fingerprint density at radius 3 is 2.39 bits per heavy atom. The van der Waals surface area contributed by atoms with Crippen LogP contribution in [0, 0.1) is 18.3 Å². The number of primary amides is 1. The Hall–Kier alpha value is -3.63. The average Bonchev–Trinajstić information content (AvgIpc) is 2.67. The van der Waals surface area contributed by atoms with E-state index in [4.69, 9.17) is 9.92 Å². The molecule has 0 heterocycles. The number of fused-ring (bicyclic) bond motifs is 1. The number of hydrogen-bond acceptors (Lipinski definition) is 5. The molecule has 0 aliphatic rings. The first kappa shape index (κ1) is 19.1. The number of rotatable bonds is 5. The molecular weight excluding hydrogens is 376 g/mol. The molecule has 0 fully saturated rings. The average molecular weight is 392 g/mol. The van der Waals surface area contributed by atoms with E-state index in [-0.39, 0.29) is 21.8 Å². The first-order valence-electron chi connectivity index (χ1n) is 8.26. The maximum absolute atomic E-state index is 12.7. The van der Waals surface area contributed by atoms with Gasteiger partial charge in [0.05, 0.1) is 0 Å². The Balaban J connectivity index is 2.18. The number of aryl methyl sites for hydroxylation is 1. The zero-order chi connectivity index (χ0) is 20.3. The second kappa shape index (κ2) is 7.55. The number of nitrogens with two attached hydrogens (primary N) is 1. The van der Waals surface area contributed by atoms with Gasteiger partial charge in [0.25, 0.3) is 5.91 Å².